The summed E-state index contributed by atoms with van der Waals surface area (Å²) in [7, 11) is 0. The minimum Gasteiger partial charge on any atom is -0.457 e. The van der Waals surface area contributed by atoms with Crippen LogP contribution in [0.15, 0.2) is 48.5 Å². The SMILES string of the molecule is O=C1OCC(c2ccc(CS(=O)O)c(F)c2)=C1c1ccccc1. The molecule has 4 nitrogen and oxygen atoms in total. The Morgan fingerprint density at radius 3 is 2.52 bits per heavy atom. The number of ether oxygens (including phenoxy) is 1. The molecule has 23 heavy (non-hydrogen) atoms. The number of esters is 1. The number of hydrogen-bond acceptors (Lipinski definition) is 3. The van der Waals surface area contributed by atoms with E-state index in [4.69, 9.17) is 9.29 Å². The lowest BCUT2D eigenvalue weighted by Crippen LogP contribution is -1.99. The van der Waals surface area contributed by atoms with Crippen LogP contribution in [0.4, 0.5) is 4.39 Å². The van der Waals surface area contributed by atoms with Crippen LogP contribution in [0.25, 0.3) is 11.1 Å². The van der Waals surface area contributed by atoms with Crippen molar-refractivity contribution >= 4 is 28.2 Å². The van der Waals surface area contributed by atoms with Crippen LogP contribution in [0.2, 0.25) is 0 Å². The summed E-state index contributed by atoms with van der Waals surface area (Å²) < 4.78 is 38.9. The molecule has 0 spiro atoms. The molecule has 0 saturated heterocycles. The maximum atomic E-state index is 14.1. The number of carbonyl (C=O) groups excluding carboxylic acids is 1. The monoisotopic (exact) mass is 332 g/mol. The minimum atomic E-state index is -2.11. The molecule has 3 rings (SSSR count). The first-order valence-corrected chi connectivity index (χ1v) is 8.16. The molecule has 0 fully saturated rings. The molecule has 2 aromatic carbocycles. The van der Waals surface area contributed by atoms with E-state index in [9.17, 15) is 13.4 Å². The van der Waals surface area contributed by atoms with Gasteiger partial charge in [-0.1, -0.05) is 42.5 Å². The highest BCUT2D eigenvalue weighted by Gasteiger charge is 2.27. The van der Waals surface area contributed by atoms with Gasteiger partial charge >= 0.3 is 5.97 Å². The minimum absolute atomic E-state index is 0.0772. The van der Waals surface area contributed by atoms with Gasteiger partial charge in [-0.2, -0.15) is 0 Å². The van der Waals surface area contributed by atoms with Crippen LogP contribution in [0.5, 0.6) is 0 Å². The van der Waals surface area contributed by atoms with E-state index in [1.54, 1.807) is 18.2 Å². The molecule has 118 valence electrons. The number of carbonyl (C=O) groups is 1. The van der Waals surface area contributed by atoms with Crippen LogP contribution in [0.1, 0.15) is 16.7 Å². The van der Waals surface area contributed by atoms with Gasteiger partial charge in [0.1, 0.15) is 12.4 Å². The van der Waals surface area contributed by atoms with Gasteiger partial charge in [-0.15, -0.1) is 0 Å². The highest BCUT2D eigenvalue weighted by Crippen LogP contribution is 2.33. The fourth-order valence-electron chi connectivity index (χ4n) is 2.51. The molecule has 0 saturated carbocycles. The number of benzene rings is 2. The third-order valence-corrected chi connectivity index (χ3v) is 4.15. The molecule has 6 heteroatoms. The highest BCUT2D eigenvalue weighted by molar-refractivity contribution is 7.78. The van der Waals surface area contributed by atoms with Crippen molar-refractivity contribution in [1.82, 2.24) is 0 Å². The number of hydrogen-bond donors (Lipinski definition) is 1. The van der Waals surface area contributed by atoms with Crippen molar-refractivity contribution in [3.8, 4) is 0 Å². The zero-order valence-corrected chi connectivity index (χ0v) is 12.8. The average Bonchev–Trinajstić information content (AvgIpc) is 2.91. The van der Waals surface area contributed by atoms with Gasteiger partial charge in [0.15, 0.2) is 11.1 Å². The maximum Gasteiger partial charge on any atom is 0.339 e. The van der Waals surface area contributed by atoms with Gasteiger partial charge in [0.2, 0.25) is 0 Å². The smallest absolute Gasteiger partial charge is 0.339 e. The predicted octanol–water partition coefficient (Wildman–Crippen LogP) is 3.02. The summed E-state index contributed by atoms with van der Waals surface area (Å²) in [6.07, 6.45) is 0. The predicted molar refractivity (Wildman–Crippen MR) is 85.1 cm³/mol. The van der Waals surface area contributed by atoms with E-state index in [2.05, 4.69) is 0 Å². The van der Waals surface area contributed by atoms with Crippen LogP contribution in [0, 0.1) is 5.82 Å². The Morgan fingerprint density at radius 1 is 1.13 bits per heavy atom. The molecule has 2 aromatic rings. The summed E-state index contributed by atoms with van der Waals surface area (Å²) in [5.41, 5.74) is 2.42. The van der Waals surface area contributed by atoms with E-state index in [-0.39, 0.29) is 17.9 Å². The van der Waals surface area contributed by atoms with Crippen molar-refractivity contribution < 1.29 is 22.7 Å². The van der Waals surface area contributed by atoms with Gasteiger partial charge in [0, 0.05) is 11.1 Å². The molecule has 1 heterocycles. The molecular weight excluding hydrogens is 319 g/mol. The van der Waals surface area contributed by atoms with Crippen LogP contribution < -0.4 is 0 Å². The van der Waals surface area contributed by atoms with Gasteiger partial charge in [0.25, 0.3) is 0 Å². The zero-order chi connectivity index (χ0) is 16.4. The Labute approximate surface area is 134 Å². The average molecular weight is 332 g/mol. The van der Waals surface area contributed by atoms with Crippen LogP contribution >= 0.6 is 0 Å². The van der Waals surface area contributed by atoms with Crippen LogP contribution in [-0.2, 0) is 26.4 Å². The number of halogens is 1. The standard InChI is InChI=1S/C17H13FO4S/c18-15-8-12(6-7-13(15)10-23(20)21)14-9-22-17(19)16(14)11-4-2-1-3-5-11/h1-8H,9-10H2,(H,20,21). The van der Waals surface area contributed by atoms with Crippen molar-refractivity contribution in [2.75, 3.05) is 6.61 Å². The Balaban J connectivity index is 2.06. The van der Waals surface area contributed by atoms with Crippen molar-refractivity contribution in [2.24, 2.45) is 0 Å². The summed E-state index contributed by atoms with van der Waals surface area (Å²) in [5, 5.41) is 0. The molecule has 0 bridgehead atoms. The van der Waals surface area contributed by atoms with Crippen molar-refractivity contribution in [1.29, 1.82) is 0 Å². The maximum absolute atomic E-state index is 14.1. The summed E-state index contributed by atoms with van der Waals surface area (Å²) in [6, 6.07) is 13.4. The largest absolute Gasteiger partial charge is 0.457 e. The highest BCUT2D eigenvalue weighted by atomic mass is 32.2. The van der Waals surface area contributed by atoms with Crippen molar-refractivity contribution in [3.05, 3.63) is 71.0 Å². The van der Waals surface area contributed by atoms with E-state index in [1.165, 1.54) is 12.1 Å². The summed E-state index contributed by atoms with van der Waals surface area (Å²) in [5.74, 6) is -1.29. The van der Waals surface area contributed by atoms with E-state index < -0.39 is 22.9 Å². The molecule has 1 aliphatic heterocycles. The summed E-state index contributed by atoms with van der Waals surface area (Å²) in [6.45, 7) is 0.0772. The fourth-order valence-corrected chi connectivity index (χ4v) is 3.02. The topological polar surface area (TPSA) is 63.6 Å². The first kappa shape index (κ1) is 15.6. The van der Waals surface area contributed by atoms with Crippen molar-refractivity contribution in [3.63, 3.8) is 0 Å². The Hall–Kier alpha value is -2.31. The zero-order valence-electron chi connectivity index (χ0n) is 12.0. The van der Waals surface area contributed by atoms with E-state index in [1.807, 2.05) is 18.2 Å². The molecule has 1 unspecified atom stereocenters. The molecule has 0 aromatic heterocycles. The normalized spacial score (nSPS) is 15.7. The lowest BCUT2D eigenvalue weighted by atomic mass is 9.96. The molecule has 1 atom stereocenters. The third kappa shape index (κ3) is 3.23. The van der Waals surface area contributed by atoms with E-state index >= 15 is 0 Å². The quantitative estimate of drug-likeness (QED) is 0.690. The second kappa shape index (κ2) is 6.44. The van der Waals surface area contributed by atoms with Gasteiger partial charge in [-0.3, -0.25) is 0 Å². The van der Waals surface area contributed by atoms with Gasteiger partial charge in [0.05, 0.1) is 11.3 Å². The van der Waals surface area contributed by atoms with Gasteiger partial charge in [-0.25, -0.2) is 13.4 Å². The number of rotatable bonds is 4. The lowest BCUT2D eigenvalue weighted by Gasteiger charge is -2.07. The molecule has 0 amide bonds. The first-order valence-electron chi connectivity index (χ1n) is 6.88. The first-order chi connectivity index (χ1) is 11.1. The summed E-state index contributed by atoms with van der Waals surface area (Å²) >= 11 is -2.11. The van der Waals surface area contributed by atoms with Crippen molar-refractivity contribution in [2.45, 2.75) is 5.75 Å². The molecule has 0 aliphatic carbocycles. The Bertz CT molecular complexity index is 815. The Kier molecular flexibility index (Phi) is 4.36. The Morgan fingerprint density at radius 2 is 1.87 bits per heavy atom. The van der Waals surface area contributed by atoms with Gasteiger partial charge in [-0.05, 0) is 17.2 Å². The molecular formula is C17H13FO4S. The second-order valence-electron chi connectivity index (χ2n) is 5.07. The fraction of sp³-hybridized carbons (Fsp3) is 0.118. The van der Waals surface area contributed by atoms with E-state index in [0.29, 0.717) is 22.3 Å². The van der Waals surface area contributed by atoms with E-state index in [0.717, 1.165) is 0 Å². The molecule has 1 N–H and O–H groups in total. The third-order valence-electron chi connectivity index (χ3n) is 3.60. The van der Waals surface area contributed by atoms with Crippen LogP contribution in [-0.4, -0.2) is 21.3 Å². The van der Waals surface area contributed by atoms with Gasteiger partial charge < -0.3 is 9.29 Å². The number of cyclic esters (lactones) is 1. The van der Waals surface area contributed by atoms with Crippen LogP contribution in [0.3, 0.4) is 0 Å². The summed E-state index contributed by atoms with van der Waals surface area (Å²) in [4.78, 5) is 12.0. The second-order valence-corrected chi connectivity index (χ2v) is 6.00. The lowest BCUT2D eigenvalue weighted by molar-refractivity contribution is -0.133. The molecule has 1 aliphatic rings. The molecule has 0 radical (unpaired) electrons.